The van der Waals surface area contributed by atoms with Gasteiger partial charge in [-0.25, -0.2) is 4.79 Å². The summed E-state index contributed by atoms with van der Waals surface area (Å²) in [5.41, 5.74) is 0. The van der Waals surface area contributed by atoms with E-state index in [1.807, 2.05) is 0 Å². The molecule has 1 heterocycles. The zero-order valence-electron chi connectivity index (χ0n) is 9.47. The monoisotopic (exact) mass is 242 g/mol. The van der Waals surface area contributed by atoms with Gasteiger partial charge in [0.1, 0.15) is 0 Å². The Hall–Kier alpha value is -2.19. The van der Waals surface area contributed by atoms with Crippen molar-refractivity contribution in [1.29, 1.82) is 0 Å². The summed E-state index contributed by atoms with van der Waals surface area (Å²) in [6.45, 7) is 3.25. The van der Waals surface area contributed by atoms with Gasteiger partial charge in [-0.3, -0.25) is 4.79 Å². The van der Waals surface area contributed by atoms with Crippen LogP contribution in [0, 0.1) is 5.92 Å². The van der Waals surface area contributed by atoms with E-state index in [1.165, 1.54) is 6.92 Å². The molecule has 0 aliphatic heterocycles. The molecule has 2 atom stereocenters. The van der Waals surface area contributed by atoms with E-state index in [4.69, 9.17) is 5.11 Å². The Morgan fingerprint density at radius 2 is 2.18 bits per heavy atom. The fourth-order valence-electron chi connectivity index (χ4n) is 0.998. The largest absolute Gasteiger partial charge is 0.481 e. The van der Waals surface area contributed by atoms with Crippen molar-refractivity contribution < 1.29 is 14.7 Å². The van der Waals surface area contributed by atoms with Crippen molar-refractivity contribution in [2.75, 3.05) is 6.54 Å². The predicted octanol–water partition coefficient (Wildman–Crippen LogP) is -0.719. The van der Waals surface area contributed by atoms with Crippen molar-refractivity contribution in [3.63, 3.8) is 0 Å². The number of amides is 2. The van der Waals surface area contributed by atoms with E-state index in [2.05, 4.69) is 31.3 Å². The molecule has 0 aliphatic carbocycles. The van der Waals surface area contributed by atoms with Crippen LogP contribution in [0.3, 0.4) is 0 Å². The van der Waals surface area contributed by atoms with E-state index in [1.54, 1.807) is 6.92 Å². The lowest BCUT2D eigenvalue weighted by molar-refractivity contribution is -0.140. The number of nitrogens with one attached hydrogen (secondary N) is 3. The summed E-state index contributed by atoms with van der Waals surface area (Å²) in [7, 11) is 0. The smallest absolute Gasteiger partial charge is 0.315 e. The van der Waals surface area contributed by atoms with Crippen LogP contribution in [0.5, 0.6) is 0 Å². The van der Waals surface area contributed by atoms with Gasteiger partial charge < -0.3 is 15.7 Å². The minimum Gasteiger partial charge on any atom is -0.481 e. The third-order valence-electron chi connectivity index (χ3n) is 2.09. The van der Waals surface area contributed by atoms with Crippen molar-refractivity contribution >= 4 is 12.0 Å². The highest BCUT2D eigenvalue weighted by Crippen LogP contribution is 2.02. The van der Waals surface area contributed by atoms with Crippen molar-refractivity contribution in [1.82, 2.24) is 31.3 Å². The number of urea groups is 1. The van der Waals surface area contributed by atoms with Crippen LogP contribution in [-0.2, 0) is 4.79 Å². The minimum absolute atomic E-state index is 0.0557. The first-order valence-corrected chi connectivity index (χ1v) is 5.01. The lowest BCUT2D eigenvalue weighted by Crippen LogP contribution is -2.40. The number of aromatic amines is 1. The second-order valence-corrected chi connectivity index (χ2v) is 3.59. The van der Waals surface area contributed by atoms with Crippen molar-refractivity contribution in [3.05, 3.63) is 5.82 Å². The molecule has 2 amide bonds. The molecule has 9 nitrogen and oxygen atoms in total. The van der Waals surface area contributed by atoms with Gasteiger partial charge in [0.25, 0.3) is 0 Å². The molecule has 17 heavy (non-hydrogen) atoms. The van der Waals surface area contributed by atoms with Crippen LogP contribution in [-0.4, -0.2) is 44.3 Å². The highest BCUT2D eigenvalue weighted by atomic mass is 16.4. The fraction of sp³-hybridized carbons (Fsp3) is 0.625. The topological polar surface area (TPSA) is 133 Å². The molecule has 0 fully saturated rings. The van der Waals surface area contributed by atoms with Crippen molar-refractivity contribution in [3.8, 4) is 0 Å². The van der Waals surface area contributed by atoms with Crippen molar-refractivity contribution in [2.24, 2.45) is 5.92 Å². The first-order chi connectivity index (χ1) is 8.00. The van der Waals surface area contributed by atoms with Gasteiger partial charge in [0.15, 0.2) is 5.82 Å². The molecular formula is C8H14N6O3. The Balaban J connectivity index is 2.32. The highest BCUT2D eigenvalue weighted by molar-refractivity contribution is 5.75. The standard InChI is InChI=1S/C8H14N6O3/c1-4(7(15)16)3-9-8(17)10-5(2)6-11-13-14-12-6/h4-5H,3H2,1-2H3,(H,15,16)(H2,9,10,17)(H,11,12,13,14). The van der Waals surface area contributed by atoms with Gasteiger partial charge in [0.2, 0.25) is 0 Å². The summed E-state index contributed by atoms with van der Waals surface area (Å²) in [5.74, 6) is -1.25. The molecule has 0 spiro atoms. The molecule has 9 heteroatoms. The predicted molar refractivity (Wildman–Crippen MR) is 55.9 cm³/mol. The summed E-state index contributed by atoms with van der Waals surface area (Å²) in [6.07, 6.45) is 0. The number of carbonyl (C=O) groups is 2. The fourth-order valence-corrected chi connectivity index (χ4v) is 0.998. The van der Waals surface area contributed by atoms with E-state index >= 15 is 0 Å². The Morgan fingerprint density at radius 3 is 2.71 bits per heavy atom. The molecule has 0 aromatic carbocycles. The molecule has 1 rings (SSSR count). The van der Waals surface area contributed by atoms with Gasteiger partial charge in [-0.15, -0.1) is 10.2 Å². The summed E-state index contributed by atoms with van der Waals surface area (Å²) in [6, 6.07) is -0.885. The number of carboxylic acids is 1. The van der Waals surface area contributed by atoms with E-state index in [9.17, 15) is 9.59 Å². The van der Waals surface area contributed by atoms with E-state index in [0.717, 1.165) is 0 Å². The number of carbonyl (C=O) groups excluding carboxylic acids is 1. The normalized spacial score (nSPS) is 13.8. The van der Waals surface area contributed by atoms with Crippen LogP contribution in [0.25, 0.3) is 0 Å². The Bertz CT molecular complexity index is 379. The number of rotatable bonds is 5. The zero-order chi connectivity index (χ0) is 12.8. The van der Waals surface area contributed by atoms with Crippen LogP contribution >= 0.6 is 0 Å². The number of hydrogen-bond acceptors (Lipinski definition) is 5. The van der Waals surface area contributed by atoms with E-state index in [0.29, 0.717) is 5.82 Å². The number of carboxylic acid groups (broad SMARTS) is 1. The third kappa shape index (κ3) is 4.05. The molecule has 1 aromatic rings. The number of aliphatic carboxylic acids is 1. The summed E-state index contributed by atoms with van der Waals surface area (Å²) < 4.78 is 0. The lowest BCUT2D eigenvalue weighted by atomic mass is 10.2. The lowest BCUT2D eigenvalue weighted by Gasteiger charge is -2.12. The molecule has 94 valence electrons. The third-order valence-corrected chi connectivity index (χ3v) is 2.09. The van der Waals surface area contributed by atoms with Gasteiger partial charge in [-0.05, 0) is 6.92 Å². The maximum absolute atomic E-state index is 11.4. The molecule has 0 aliphatic rings. The van der Waals surface area contributed by atoms with Crippen LogP contribution in [0.1, 0.15) is 25.7 Å². The van der Waals surface area contributed by atoms with E-state index in [-0.39, 0.29) is 6.54 Å². The zero-order valence-corrected chi connectivity index (χ0v) is 9.47. The second-order valence-electron chi connectivity index (χ2n) is 3.59. The number of hydrogen-bond donors (Lipinski definition) is 4. The maximum atomic E-state index is 11.4. The Labute approximate surface area is 97.0 Å². The average Bonchev–Trinajstić information content (AvgIpc) is 2.78. The van der Waals surface area contributed by atoms with Crippen LogP contribution in [0.4, 0.5) is 4.79 Å². The number of tetrazole rings is 1. The van der Waals surface area contributed by atoms with Crippen molar-refractivity contribution in [2.45, 2.75) is 19.9 Å². The van der Waals surface area contributed by atoms with Gasteiger partial charge in [-0.2, -0.15) is 5.21 Å². The van der Waals surface area contributed by atoms with Gasteiger partial charge >= 0.3 is 12.0 Å². The molecule has 0 radical (unpaired) electrons. The molecule has 2 unspecified atom stereocenters. The summed E-state index contributed by atoms with van der Waals surface area (Å²) in [5, 5.41) is 26.7. The van der Waals surface area contributed by atoms with Gasteiger partial charge in [0, 0.05) is 6.54 Å². The Morgan fingerprint density at radius 1 is 1.47 bits per heavy atom. The highest BCUT2D eigenvalue weighted by Gasteiger charge is 2.15. The Kier molecular flexibility index (Phi) is 4.37. The molecule has 4 N–H and O–H groups in total. The summed E-state index contributed by atoms with van der Waals surface area (Å²) in [4.78, 5) is 21.9. The number of aromatic nitrogens is 4. The van der Waals surface area contributed by atoms with Gasteiger partial charge in [0.05, 0.1) is 12.0 Å². The number of H-pyrrole nitrogens is 1. The first kappa shape index (κ1) is 12.9. The quantitative estimate of drug-likeness (QED) is 0.538. The maximum Gasteiger partial charge on any atom is 0.315 e. The molecule has 0 saturated heterocycles. The average molecular weight is 242 g/mol. The summed E-state index contributed by atoms with van der Waals surface area (Å²) >= 11 is 0. The van der Waals surface area contributed by atoms with Crippen LogP contribution < -0.4 is 10.6 Å². The van der Waals surface area contributed by atoms with Gasteiger partial charge in [-0.1, -0.05) is 12.1 Å². The molecule has 1 aromatic heterocycles. The van der Waals surface area contributed by atoms with Crippen LogP contribution in [0.15, 0.2) is 0 Å². The van der Waals surface area contributed by atoms with E-state index < -0.39 is 24.0 Å². The number of nitrogens with zero attached hydrogens (tertiary/aromatic N) is 3. The minimum atomic E-state index is -0.962. The first-order valence-electron chi connectivity index (χ1n) is 5.01. The molecule has 0 saturated carbocycles. The molecular weight excluding hydrogens is 228 g/mol. The van der Waals surface area contributed by atoms with Crippen LogP contribution in [0.2, 0.25) is 0 Å². The molecule has 0 bridgehead atoms. The SMILES string of the molecule is CC(CNC(=O)NC(C)c1nn[nH]n1)C(=O)O. The second kappa shape index (κ2) is 5.77.